The Kier molecular flexibility index (Phi) is 4.67. The smallest absolute Gasteiger partial charge is 0.316 e. The zero-order chi connectivity index (χ0) is 16.2. The number of thioether (sulfide) groups is 1. The SMILES string of the molecule is CC(SC1=NC(c2ccccc2)C(c2ccccc2)N1)C(=O)O. The van der Waals surface area contributed by atoms with Gasteiger partial charge in [-0.25, -0.2) is 0 Å². The van der Waals surface area contributed by atoms with Gasteiger partial charge in [-0.1, -0.05) is 72.4 Å². The molecule has 3 rings (SSSR count). The summed E-state index contributed by atoms with van der Waals surface area (Å²) in [5.41, 5.74) is 2.26. The van der Waals surface area contributed by atoms with E-state index in [4.69, 9.17) is 10.1 Å². The molecule has 1 heterocycles. The molecular formula is C18H18N2O2S. The number of amidine groups is 1. The predicted octanol–water partition coefficient (Wildman–Crippen LogP) is 3.63. The van der Waals surface area contributed by atoms with Crippen molar-refractivity contribution in [2.45, 2.75) is 24.3 Å². The highest BCUT2D eigenvalue weighted by Gasteiger charge is 2.32. The third-order valence-corrected chi connectivity index (χ3v) is 4.79. The van der Waals surface area contributed by atoms with Gasteiger partial charge in [-0.15, -0.1) is 0 Å². The number of hydrogen-bond acceptors (Lipinski definition) is 4. The van der Waals surface area contributed by atoms with Gasteiger partial charge in [-0.3, -0.25) is 9.79 Å². The molecule has 0 fully saturated rings. The molecule has 5 heteroatoms. The molecule has 1 aliphatic rings. The standard InChI is InChI=1S/C18H18N2O2S/c1-12(17(21)22)23-18-19-15(13-8-4-2-5-9-13)16(20-18)14-10-6-3-7-11-14/h2-12,15-16H,1H3,(H,19,20)(H,21,22). The second kappa shape index (κ2) is 6.87. The fraction of sp³-hybridized carbons (Fsp3) is 0.222. The molecule has 2 aromatic rings. The lowest BCUT2D eigenvalue weighted by Gasteiger charge is -2.19. The molecule has 23 heavy (non-hydrogen) atoms. The predicted molar refractivity (Wildman–Crippen MR) is 93.6 cm³/mol. The molecule has 0 radical (unpaired) electrons. The summed E-state index contributed by atoms with van der Waals surface area (Å²) in [5.74, 6) is -0.834. The quantitative estimate of drug-likeness (QED) is 0.900. The minimum Gasteiger partial charge on any atom is -0.480 e. The summed E-state index contributed by atoms with van der Waals surface area (Å²) in [5, 5.41) is 12.6. The maximum absolute atomic E-state index is 11.1. The van der Waals surface area contributed by atoms with Crippen molar-refractivity contribution < 1.29 is 9.90 Å². The van der Waals surface area contributed by atoms with E-state index in [2.05, 4.69) is 29.6 Å². The molecule has 2 aromatic carbocycles. The monoisotopic (exact) mass is 326 g/mol. The first kappa shape index (κ1) is 15.6. The topological polar surface area (TPSA) is 61.7 Å². The number of carboxylic acids is 1. The Morgan fingerprint density at radius 3 is 2.22 bits per heavy atom. The summed E-state index contributed by atoms with van der Waals surface area (Å²) >= 11 is 1.25. The van der Waals surface area contributed by atoms with Crippen molar-refractivity contribution in [2.24, 2.45) is 4.99 Å². The Hall–Kier alpha value is -2.27. The van der Waals surface area contributed by atoms with Gasteiger partial charge in [-0.05, 0) is 18.1 Å². The molecular weight excluding hydrogens is 308 g/mol. The highest BCUT2D eigenvalue weighted by molar-refractivity contribution is 8.14. The van der Waals surface area contributed by atoms with Crippen molar-refractivity contribution in [1.29, 1.82) is 0 Å². The molecule has 0 bridgehead atoms. The number of carboxylic acid groups (broad SMARTS) is 1. The third-order valence-electron chi connectivity index (χ3n) is 3.79. The Morgan fingerprint density at radius 2 is 1.65 bits per heavy atom. The van der Waals surface area contributed by atoms with Gasteiger partial charge in [0.1, 0.15) is 11.3 Å². The molecule has 0 saturated carbocycles. The lowest BCUT2D eigenvalue weighted by Crippen LogP contribution is -2.25. The summed E-state index contributed by atoms with van der Waals surface area (Å²) in [7, 11) is 0. The number of hydrogen-bond donors (Lipinski definition) is 2. The van der Waals surface area contributed by atoms with E-state index < -0.39 is 11.2 Å². The number of nitrogens with zero attached hydrogens (tertiary/aromatic N) is 1. The van der Waals surface area contributed by atoms with Crippen LogP contribution in [0.3, 0.4) is 0 Å². The van der Waals surface area contributed by atoms with Gasteiger partial charge < -0.3 is 10.4 Å². The lowest BCUT2D eigenvalue weighted by molar-refractivity contribution is -0.136. The molecule has 0 aromatic heterocycles. The molecule has 0 saturated heterocycles. The van der Waals surface area contributed by atoms with Crippen molar-refractivity contribution in [3.8, 4) is 0 Å². The van der Waals surface area contributed by atoms with E-state index in [1.54, 1.807) is 6.92 Å². The molecule has 118 valence electrons. The van der Waals surface area contributed by atoms with E-state index in [9.17, 15) is 4.79 Å². The molecule has 0 amide bonds. The zero-order valence-corrected chi connectivity index (χ0v) is 13.5. The van der Waals surface area contributed by atoms with E-state index in [1.165, 1.54) is 11.8 Å². The summed E-state index contributed by atoms with van der Waals surface area (Å²) in [6, 6.07) is 20.2. The second-order valence-corrected chi connectivity index (χ2v) is 6.75. The highest BCUT2D eigenvalue weighted by Crippen LogP contribution is 2.38. The molecule has 2 N–H and O–H groups in total. The average Bonchev–Trinajstić information content (AvgIpc) is 3.00. The van der Waals surface area contributed by atoms with Crippen LogP contribution < -0.4 is 5.32 Å². The first-order valence-corrected chi connectivity index (χ1v) is 8.37. The van der Waals surface area contributed by atoms with E-state index in [0.717, 1.165) is 11.1 Å². The summed E-state index contributed by atoms with van der Waals surface area (Å²) in [4.78, 5) is 15.8. The number of aliphatic carboxylic acids is 1. The van der Waals surface area contributed by atoms with Crippen LogP contribution in [0.5, 0.6) is 0 Å². The molecule has 3 unspecified atom stereocenters. The van der Waals surface area contributed by atoms with Gasteiger partial charge in [0.25, 0.3) is 0 Å². The lowest BCUT2D eigenvalue weighted by atomic mass is 9.95. The summed E-state index contributed by atoms with van der Waals surface area (Å²) < 4.78 is 0. The van der Waals surface area contributed by atoms with Crippen LogP contribution in [0.4, 0.5) is 0 Å². The van der Waals surface area contributed by atoms with Crippen LogP contribution >= 0.6 is 11.8 Å². The van der Waals surface area contributed by atoms with Crippen molar-refractivity contribution >= 4 is 22.9 Å². The van der Waals surface area contributed by atoms with Crippen molar-refractivity contribution in [1.82, 2.24) is 5.32 Å². The van der Waals surface area contributed by atoms with Crippen molar-refractivity contribution in [2.75, 3.05) is 0 Å². The third kappa shape index (κ3) is 3.56. The first-order chi connectivity index (χ1) is 11.1. The van der Waals surface area contributed by atoms with Crippen molar-refractivity contribution in [3.63, 3.8) is 0 Å². The normalized spacial score (nSPS) is 21.3. The number of nitrogens with one attached hydrogen (secondary N) is 1. The van der Waals surface area contributed by atoms with E-state index in [-0.39, 0.29) is 12.1 Å². The minimum atomic E-state index is -0.834. The van der Waals surface area contributed by atoms with E-state index >= 15 is 0 Å². The largest absolute Gasteiger partial charge is 0.480 e. The zero-order valence-electron chi connectivity index (χ0n) is 12.7. The Morgan fingerprint density at radius 1 is 1.09 bits per heavy atom. The van der Waals surface area contributed by atoms with Crippen LogP contribution in [0.15, 0.2) is 65.7 Å². The Labute approximate surface area is 139 Å². The second-order valence-electron chi connectivity index (χ2n) is 5.42. The van der Waals surface area contributed by atoms with Crippen LogP contribution in [0.1, 0.15) is 30.1 Å². The molecule has 0 spiro atoms. The maximum Gasteiger partial charge on any atom is 0.316 e. The van der Waals surface area contributed by atoms with Gasteiger partial charge in [0.15, 0.2) is 5.17 Å². The molecule has 0 aliphatic carbocycles. The van der Waals surface area contributed by atoms with E-state index in [0.29, 0.717) is 5.17 Å². The van der Waals surface area contributed by atoms with E-state index in [1.807, 2.05) is 36.4 Å². The number of rotatable bonds is 4. The van der Waals surface area contributed by atoms with Gasteiger partial charge >= 0.3 is 5.97 Å². The molecule has 1 aliphatic heterocycles. The van der Waals surface area contributed by atoms with Crippen LogP contribution in [0, 0.1) is 0 Å². The van der Waals surface area contributed by atoms with Gasteiger partial charge in [0, 0.05) is 0 Å². The van der Waals surface area contributed by atoms with Crippen LogP contribution in [0.25, 0.3) is 0 Å². The van der Waals surface area contributed by atoms with Crippen LogP contribution in [0.2, 0.25) is 0 Å². The summed E-state index contributed by atoms with van der Waals surface area (Å²) in [6.07, 6.45) is 0. The fourth-order valence-corrected chi connectivity index (χ4v) is 3.38. The Bertz CT molecular complexity index is 703. The fourth-order valence-electron chi connectivity index (χ4n) is 2.58. The molecule has 4 nitrogen and oxygen atoms in total. The first-order valence-electron chi connectivity index (χ1n) is 7.49. The summed E-state index contributed by atoms with van der Waals surface area (Å²) in [6.45, 7) is 1.67. The molecule has 3 atom stereocenters. The van der Waals surface area contributed by atoms with Gasteiger partial charge in [0.05, 0.1) is 6.04 Å². The van der Waals surface area contributed by atoms with Gasteiger partial charge in [-0.2, -0.15) is 0 Å². The minimum absolute atomic E-state index is 0.0158. The van der Waals surface area contributed by atoms with Crippen LogP contribution in [-0.4, -0.2) is 21.5 Å². The number of carbonyl (C=O) groups is 1. The highest BCUT2D eigenvalue weighted by atomic mass is 32.2. The average molecular weight is 326 g/mol. The Balaban J connectivity index is 1.89. The van der Waals surface area contributed by atoms with Crippen LogP contribution in [-0.2, 0) is 4.79 Å². The van der Waals surface area contributed by atoms with Gasteiger partial charge in [0.2, 0.25) is 0 Å². The number of benzene rings is 2. The van der Waals surface area contributed by atoms with Crippen molar-refractivity contribution in [3.05, 3.63) is 71.8 Å². The number of aliphatic imine (C=N–C) groups is 1. The maximum atomic E-state index is 11.1.